The molecule has 1 N–H and O–H groups in total. The Hall–Kier alpha value is -0.480. The molecule has 17 heavy (non-hydrogen) atoms. The number of carbonyl (C=O) groups is 1. The Labute approximate surface area is 115 Å². The third-order valence-electron chi connectivity index (χ3n) is 3.04. The second-order valence-electron chi connectivity index (χ2n) is 4.34. The summed E-state index contributed by atoms with van der Waals surface area (Å²) in [5.41, 5.74) is 2.02. The molecule has 1 amide bonds. The normalized spacial score (nSPS) is 16.8. The lowest BCUT2D eigenvalue weighted by molar-refractivity contribution is -0.120. The third kappa shape index (κ3) is 3.49. The van der Waals surface area contributed by atoms with Gasteiger partial charge in [-0.1, -0.05) is 15.9 Å². The fourth-order valence-electron chi connectivity index (χ4n) is 1.96. The molecule has 1 fully saturated rings. The Kier molecular flexibility index (Phi) is 4.51. The predicted molar refractivity (Wildman–Crippen MR) is 77.6 cm³/mol. The van der Waals surface area contributed by atoms with Crippen LogP contribution in [0.2, 0.25) is 0 Å². The number of amides is 1. The van der Waals surface area contributed by atoms with Gasteiger partial charge in [0.1, 0.15) is 0 Å². The summed E-state index contributed by atoms with van der Waals surface area (Å²) < 4.78 is 1.04. The maximum Gasteiger partial charge on any atom is 0.227 e. The van der Waals surface area contributed by atoms with Crippen LogP contribution in [0.3, 0.4) is 0 Å². The van der Waals surface area contributed by atoms with E-state index in [1.165, 1.54) is 0 Å². The lowest BCUT2D eigenvalue weighted by Gasteiger charge is -2.21. The van der Waals surface area contributed by atoms with Gasteiger partial charge in [0.2, 0.25) is 5.91 Å². The number of anilines is 1. The first-order valence-electron chi connectivity index (χ1n) is 5.81. The molecular formula is C13H16BrNOS. The molecule has 2 nitrogen and oxygen atoms in total. The molecule has 1 saturated heterocycles. The summed E-state index contributed by atoms with van der Waals surface area (Å²) in [5, 5.41) is 3.04. The monoisotopic (exact) mass is 313 g/mol. The average molecular weight is 314 g/mol. The van der Waals surface area contributed by atoms with Crippen LogP contribution in [0.15, 0.2) is 22.7 Å². The molecule has 92 valence electrons. The summed E-state index contributed by atoms with van der Waals surface area (Å²) >= 11 is 5.36. The lowest BCUT2D eigenvalue weighted by Crippen LogP contribution is -2.26. The summed E-state index contributed by atoms with van der Waals surface area (Å²) in [5.74, 6) is 2.59. The van der Waals surface area contributed by atoms with Crippen LogP contribution in [0.1, 0.15) is 18.4 Å². The van der Waals surface area contributed by atoms with Crippen molar-refractivity contribution in [1.82, 2.24) is 0 Å². The highest BCUT2D eigenvalue weighted by molar-refractivity contribution is 9.10. The van der Waals surface area contributed by atoms with Gasteiger partial charge in [-0.25, -0.2) is 0 Å². The van der Waals surface area contributed by atoms with Crippen LogP contribution >= 0.6 is 27.7 Å². The van der Waals surface area contributed by atoms with Gasteiger partial charge >= 0.3 is 0 Å². The maximum absolute atomic E-state index is 12.1. The van der Waals surface area contributed by atoms with Crippen LogP contribution in [0, 0.1) is 12.8 Å². The van der Waals surface area contributed by atoms with E-state index in [4.69, 9.17) is 0 Å². The predicted octanol–water partition coefficient (Wildman–Crippen LogP) is 3.84. The summed E-state index contributed by atoms with van der Waals surface area (Å²) in [6.07, 6.45) is 2.01. The molecule has 1 aliphatic heterocycles. The zero-order valence-electron chi connectivity index (χ0n) is 9.83. The van der Waals surface area contributed by atoms with Crippen molar-refractivity contribution >= 4 is 39.3 Å². The van der Waals surface area contributed by atoms with E-state index in [0.717, 1.165) is 40.1 Å². The van der Waals surface area contributed by atoms with E-state index in [0.29, 0.717) is 0 Å². The van der Waals surface area contributed by atoms with Crippen LogP contribution in [0.5, 0.6) is 0 Å². The minimum absolute atomic E-state index is 0.177. The number of rotatable bonds is 2. The van der Waals surface area contributed by atoms with Crippen molar-refractivity contribution in [2.24, 2.45) is 5.92 Å². The number of hydrogen-bond donors (Lipinski definition) is 1. The standard InChI is InChI=1S/C13H16BrNOS/c1-9-8-11(14)2-3-12(9)15-13(16)10-4-6-17-7-5-10/h2-3,8,10H,4-7H2,1H3,(H,15,16). The summed E-state index contributed by atoms with van der Waals surface area (Å²) in [6, 6.07) is 5.93. The first-order valence-corrected chi connectivity index (χ1v) is 7.76. The van der Waals surface area contributed by atoms with Gasteiger partial charge in [0, 0.05) is 16.1 Å². The molecule has 1 heterocycles. The zero-order chi connectivity index (χ0) is 12.3. The molecule has 0 aliphatic carbocycles. The van der Waals surface area contributed by atoms with Crippen LogP contribution in [0.4, 0.5) is 5.69 Å². The van der Waals surface area contributed by atoms with Crippen molar-refractivity contribution in [3.05, 3.63) is 28.2 Å². The van der Waals surface area contributed by atoms with Crippen molar-refractivity contribution in [2.75, 3.05) is 16.8 Å². The van der Waals surface area contributed by atoms with Crippen LogP contribution in [0.25, 0.3) is 0 Å². The Balaban J connectivity index is 2.02. The summed E-state index contributed by atoms with van der Waals surface area (Å²) in [7, 11) is 0. The van der Waals surface area contributed by atoms with Gasteiger partial charge in [0.25, 0.3) is 0 Å². The molecule has 0 atom stereocenters. The highest BCUT2D eigenvalue weighted by atomic mass is 79.9. The Morgan fingerprint density at radius 1 is 1.41 bits per heavy atom. The minimum Gasteiger partial charge on any atom is -0.326 e. The molecule has 0 aromatic heterocycles. The minimum atomic E-state index is 0.177. The number of nitrogens with one attached hydrogen (secondary N) is 1. The van der Waals surface area contributed by atoms with E-state index in [-0.39, 0.29) is 11.8 Å². The van der Waals surface area contributed by atoms with Gasteiger partial charge in [-0.3, -0.25) is 4.79 Å². The van der Waals surface area contributed by atoms with Crippen molar-refractivity contribution in [2.45, 2.75) is 19.8 Å². The van der Waals surface area contributed by atoms with Gasteiger partial charge in [-0.2, -0.15) is 11.8 Å². The molecular weight excluding hydrogens is 298 g/mol. The molecule has 0 unspecified atom stereocenters. The summed E-state index contributed by atoms with van der Waals surface area (Å²) in [4.78, 5) is 12.1. The number of carbonyl (C=O) groups excluding carboxylic acids is 1. The Morgan fingerprint density at radius 2 is 2.12 bits per heavy atom. The Morgan fingerprint density at radius 3 is 2.76 bits per heavy atom. The first kappa shape index (κ1) is 13.0. The van der Waals surface area contributed by atoms with E-state index >= 15 is 0 Å². The van der Waals surface area contributed by atoms with Crippen LogP contribution in [-0.4, -0.2) is 17.4 Å². The van der Waals surface area contributed by atoms with Gasteiger partial charge in [-0.15, -0.1) is 0 Å². The summed E-state index contributed by atoms with van der Waals surface area (Å²) in [6.45, 7) is 2.01. The molecule has 1 aromatic carbocycles. The quantitative estimate of drug-likeness (QED) is 0.898. The molecule has 0 bridgehead atoms. The largest absolute Gasteiger partial charge is 0.326 e. The fourth-order valence-corrected chi connectivity index (χ4v) is 3.54. The van der Waals surface area contributed by atoms with E-state index < -0.39 is 0 Å². The SMILES string of the molecule is Cc1cc(Br)ccc1NC(=O)C1CCSCC1. The maximum atomic E-state index is 12.1. The molecule has 0 spiro atoms. The number of thioether (sulfide) groups is 1. The smallest absolute Gasteiger partial charge is 0.227 e. The average Bonchev–Trinajstić information content (AvgIpc) is 2.34. The molecule has 4 heteroatoms. The van der Waals surface area contributed by atoms with Gasteiger partial charge < -0.3 is 5.32 Å². The molecule has 0 saturated carbocycles. The lowest BCUT2D eigenvalue weighted by atomic mass is 10.0. The highest BCUT2D eigenvalue weighted by Crippen LogP contribution is 2.25. The number of halogens is 1. The number of aryl methyl sites for hydroxylation is 1. The third-order valence-corrected chi connectivity index (χ3v) is 4.58. The van der Waals surface area contributed by atoms with Crippen LogP contribution < -0.4 is 5.32 Å². The van der Waals surface area contributed by atoms with E-state index in [2.05, 4.69) is 21.2 Å². The van der Waals surface area contributed by atoms with Crippen molar-refractivity contribution in [1.29, 1.82) is 0 Å². The van der Waals surface area contributed by atoms with E-state index in [1.807, 2.05) is 36.9 Å². The fraction of sp³-hybridized carbons (Fsp3) is 0.462. The van der Waals surface area contributed by atoms with Crippen molar-refractivity contribution in [3.63, 3.8) is 0 Å². The van der Waals surface area contributed by atoms with Gasteiger partial charge in [-0.05, 0) is 55.0 Å². The topological polar surface area (TPSA) is 29.1 Å². The molecule has 0 radical (unpaired) electrons. The van der Waals surface area contributed by atoms with E-state index in [9.17, 15) is 4.79 Å². The molecule has 1 aliphatic rings. The number of hydrogen-bond acceptors (Lipinski definition) is 2. The molecule has 2 rings (SSSR count). The second kappa shape index (κ2) is 5.91. The number of benzene rings is 1. The highest BCUT2D eigenvalue weighted by Gasteiger charge is 2.21. The zero-order valence-corrected chi connectivity index (χ0v) is 12.2. The van der Waals surface area contributed by atoms with E-state index in [1.54, 1.807) is 0 Å². The van der Waals surface area contributed by atoms with Crippen molar-refractivity contribution in [3.8, 4) is 0 Å². The molecule has 1 aromatic rings. The Bertz CT molecular complexity index is 416. The van der Waals surface area contributed by atoms with Gasteiger partial charge in [0.05, 0.1) is 0 Å². The van der Waals surface area contributed by atoms with Crippen LogP contribution in [-0.2, 0) is 4.79 Å². The first-order chi connectivity index (χ1) is 8.16. The van der Waals surface area contributed by atoms with Gasteiger partial charge in [0.15, 0.2) is 0 Å². The second-order valence-corrected chi connectivity index (χ2v) is 6.48. The van der Waals surface area contributed by atoms with Crippen molar-refractivity contribution < 1.29 is 4.79 Å².